The van der Waals surface area contributed by atoms with Gasteiger partial charge in [0.1, 0.15) is 5.69 Å². The number of hydrogen-bond acceptors (Lipinski definition) is 6. The lowest BCUT2D eigenvalue weighted by Gasteiger charge is -2.17. The van der Waals surface area contributed by atoms with Crippen molar-refractivity contribution in [3.63, 3.8) is 0 Å². The van der Waals surface area contributed by atoms with Crippen molar-refractivity contribution in [2.45, 2.75) is 32.7 Å². The Morgan fingerprint density at radius 1 is 1.32 bits per heavy atom. The van der Waals surface area contributed by atoms with Gasteiger partial charge in [-0.05, 0) is 50.7 Å². The Balaban J connectivity index is 1.43. The number of aromatic nitrogens is 2. The molecule has 1 saturated heterocycles. The molecule has 2 heterocycles. The lowest BCUT2D eigenvalue weighted by atomic mass is 10.0. The second-order valence-electron chi connectivity index (χ2n) is 8.62. The zero-order chi connectivity index (χ0) is 22.1. The largest absolute Gasteiger partial charge is 0.398 e. The van der Waals surface area contributed by atoms with E-state index < -0.39 is 11.0 Å². The van der Waals surface area contributed by atoms with Gasteiger partial charge in [-0.25, -0.2) is 18.8 Å². The number of nitrogen functional groups attached to an aromatic ring is 1. The molecule has 1 aliphatic heterocycles. The first kappa shape index (κ1) is 21.7. The Kier molecular flexibility index (Phi) is 6.24. The van der Waals surface area contributed by atoms with Crippen LogP contribution in [0.2, 0.25) is 0 Å². The predicted molar refractivity (Wildman–Crippen MR) is 127 cm³/mol. The third-order valence-corrected chi connectivity index (χ3v) is 7.51. The summed E-state index contributed by atoms with van der Waals surface area (Å²) >= 11 is 0. The van der Waals surface area contributed by atoms with Crippen molar-refractivity contribution in [3.05, 3.63) is 35.5 Å². The summed E-state index contributed by atoms with van der Waals surface area (Å²) < 4.78 is 13.9. The molecule has 3 unspecified atom stereocenters. The maximum atomic E-state index is 11.8. The number of nitrogens with one attached hydrogen (secondary N) is 3. The normalized spacial score (nSPS) is 24.8. The summed E-state index contributed by atoms with van der Waals surface area (Å²) in [6.07, 6.45) is 5.92. The summed E-state index contributed by atoms with van der Waals surface area (Å²) in [5.74, 6) is 2.78. The van der Waals surface area contributed by atoms with Crippen LogP contribution in [0.15, 0.2) is 29.4 Å². The number of anilines is 4. The molecule has 0 radical (unpaired) electrons. The Morgan fingerprint density at radius 2 is 2.03 bits per heavy atom. The van der Waals surface area contributed by atoms with Gasteiger partial charge in [0.25, 0.3) is 0 Å². The van der Waals surface area contributed by atoms with E-state index in [1.165, 1.54) is 0 Å². The number of rotatable bonds is 6. The number of hydrogen-bond donors (Lipinski definition) is 3. The zero-order valence-corrected chi connectivity index (χ0v) is 19.4. The van der Waals surface area contributed by atoms with Crippen LogP contribution in [0.3, 0.4) is 0 Å². The highest BCUT2D eigenvalue weighted by molar-refractivity contribution is 7.81. The molecule has 8 nitrogen and oxygen atoms in total. The van der Waals surface area contributed by atoms with E-state index in [2.05, 4.69) is 24.9 Å². The fourth-order valence-corrected chi connectivity index (χ4v) is 5.50. The van der Waals surface area contributed by atoms with E-state index >= 15 is 0 Å². The summed E-state index contributed by atoms with van der Waals surface area (Å²) in [5.41, 5.74) is 10.7. The van der Waals surface area contributed by atoms with Gasteiger partial charge in [-0.3, -0.25) is 4.99 Å². The van der Waals surface area contributed by atoms with E-state index in [0.29, 0.717) is 29.5 Å². The lowest BCUT2D eigenvalue weighted by molar-refractivity contribution is -0.365. The molecular weight excluding hydrogens is 410 g/mol. The molecule has 0 spiro atoms. The van der Waals surface area contributed by atoms with Gasteiger partial charge in [0.2, 0.25) is 5.82 Å². The molecule has 4 rings (SSSR count). The van der Waals surface area contributed by atoms with Crippen LogP contribution in [0.4, 0.5) is 23.1 Å². The van der Waals surface area contributed by atoms with Gasteiger partial charge in [-0.1, -0.05) is 4.98 Å². The van der Waals surface area contributed by atoms with E-state index in [9.17, 15) is 4.21 Å². The van der Waals surface area contributed by atoms with Crippen molar-refractivity contribution >= 4 is 39.8 Å². The molecule has 0 amide bonds. The van der Waals surface area contributed by atoms with Gasteiger partial charge in [-0.2, -0.15) is 0 Å². The first-order valence-electron chi connectivity index (χ1n) is 10.7. The van der Waals surface area contributed by atoms with Gasteiger partial charge < -0.3 is 11.1 Å². The number of fused-ring (bicyclic) bond motifs is 1. The molecule has 9 heteroatoms. The molecule has 1 aromatic carbocycles. The summed E-state index contributed by atoms with van der Waals surface area (Å²) in [7, 11) is 0.903. The number of nitrogens with two attached hydrogens (primary N) is 1. The van der Waals surface area contributed by atoms with Crippen LogP contribution >= 0.6 is 0 Å². The van der Waals surface area contributed by atoms with E-state index in [-0.39, 0.29) is 0 Å². The van der Waals surface area contributed by atoms with Gasteiger partial charge in [-0.15, -0.1) is 0 Å². The number of aromatic amines is 1. The quantitative estimate of drug-likeness (QED) is 0.470. The summed E-state index contributed by atoms with van der Waals surface area (Å²) in [5, 5.41) is 6.96. The van der Waals surface area contributed by atoms with Crippen LogP contribution < -0.4 is 21.4 Å². The fraction of sp³-hybridized carbons (Fsp3) is 0.500. The highest BCUT2D eigenvalue weighted by atomic mass is 32.2. The molecule has 2 aromatic rings. The molecular formula is C22H32N7OS+. The second kappa shape index (κ2) is 8.92. The number of nitrogens with zero attached hydrogens (tertiary/aromatic N) is 3. The van der Waals surface area contributed by atoms with Crippen molar-refractivity contribution in [3.8, 4) is 0 Å². The van der Waals surface area contributed by atoms with Crippen LogP contribution in [0.5, 0.6) is 0 Å². The standard InChI is InChI=1S/C22H31N7OS/c1-13-10-25-22(27-17-5-6-19(14(2)24-3)20(23)9-17)28-21(13)26-18-7-15-11-29(31(4)30)12-16(15)8-18/h5-6,9-10,15-16,18H,7-8,11-12,23H2,1-4H3,(H2,25,26,27,28)/p+1. The molecule has 1 saturated carbocycles. The molecule has 1 aromatic heterocycles. The molecule has 5 N–H and O–H groups in total. The minimum absolute atomic E-state index is 0.398. The Bertz CT molecular complexity index is 1010. The van der Waals surface area contributed by atoms with Gasteiger partial charge >= 0.3 is 5.95 Å². The third-order valence-electron chi connectivity index (χ3n) is 6.48. The smallest absolute Gasteiger partial charge is 0.396 e. The van der Waals surface area contributed by atoms with Crippen LogP contribution in [-0.2, 0) is 11.0 Å². The first-order valence-corrected chi connectivity index (χ1v) is 12.2. The molecule has 2 fully saturated rings. The highest BCUT2D eigenvalue weighted by Gasteiger charge is 2.42. The maximum absolute atomic E-state index is 11.8. The minimum Gasteiger partial charge on any atom is -0.398 e. The van der Waals surface area contributed by atoms with Crippen LogP contribution in [-0.4, -0.2) is 51.6 Å². The first-order chi connectivity index (χ1) is 14.8. The third kappa shape index (κ3) is 4.72. The van der Waals surface area contributed by atoms with E-state index in [1.54, 1.807) is 13.3 Å². The van der Waals surface area contributed by atoms with E-state index in [0.717, 1.165) is 54.3 Å². The zero-order valence-electron chi connectivity index (χ0n) is 18.6. The summed E-state index contributed by atoms with van der Waals surface area (Å²) in [4.78, 5) is 12.2. The Hall–Kier alpha value is -2.52. The minimum atomic E-state index is -0.859. The summed E-state index contributed by atoms with van der Waals surface area (Å²) in [6, 6.07) is 6.24. The molecule has 1 aliphatic carbocycles. The summed E-state index contributed by atoms with van der Waals surface area (Å²) in [6.45, 7) is 5.87. The van der Waals surface area contributed by atoms with Crippen LogP contribution in [0, 0.1) is 18.8 Å². The van der Waals surface area contributed by atoms with E-state index in [1.807, 2.05) is 38.2 Å². The van der Waals surface area contributed by atoms with Crippen molar-refractivity contribution in [1.29, 1.82) is 0 Å². The average Bonchev–Trinajstić information content (AvgIpc) is 3.29. The number of aliphatic imine (C=N–C) groups is 1. The topological polar surface area (TPSA) is 110 Å². The predicted octanol–water partition coefficient (Wildman–Crippen LogP) is 2.38. The van der Waals surface area contributed by atoms with Crippen LogP contribution in [0.25, 0.3) is 0 Å². The lowest BCUT2D eigenvalue weighted by Crippen LogP contribution is -2.27. The number of benzene rings is 1. The molecule has 0 bridgehead atoms. The van der Waals surface area contributed by atoms with Crippen molar-refractivity contribution < 1.29 is 9.19 Å². The van der Waals surface area contributed by atoms with Crippen molar-refractivity contribution in [2.24, 2.45) is 16.8 Å². The molecule has 166 valence electrons. The molecule has 3 atom stereocenters. The van der Waals surface area contributed by atoms with Crippen molar-refractivity contribution in [2.75, 3.05) is 42.8 Å². The van der Waals surface area contributed by atoms with Gasteiger partial charge in [0.15, 0.2) is 0 Å². The average molecular weight is 443 g/mol. The maximum Gasteiger partial charge on any atom is 0.396 e. The SMILES string of the molecule is CN=C(C)c1ccc(Nc2nc(NC3CC4CN(S(C)=O)CC4C3)c(C)c[nH+]2)cc1N. The van der Waals surface area contributed by atoms with Gasteiger partial charge in [0.05, 0.1) is 17.2 Å². The van der Waals surface area contributed by atoms with Gasteiger partial charge in [0, 0.05) is 61.0 Å². The monoisotopic (exact) mass is 442 g/mol. The molecule has 31 heavy (non-hydrogen) atoms. The Labute approximate surface area is 186 Å². The van der Waals surface area contributed by atoms with Crippen molar-refractivity contribution in [1.82, 2.24) is 9.29 Å². The number of aryl methyl sites for hydroxylation is 1. The second-order valence-corrected chi connectivity index (χ2v) is 9.98. The highest BCUT2D eigenvalue weighted by Crippen LogP contribution is 2.39. The number of H-pyrrole nitrogens is 1. The molecule has 2 aliphatic rings. The van der Waals surface area contributed by atoms with Crippen LogP contribution in [0.1, 0.15) is 30.9 Å². The van der Waals surface area contributed by atoms with E-state index in [4.69, 9.17) is 10.7 Å². The Morgan fingerprint density at radius 3 is 2.65 bits per heavy atom. The fourth-order valence-electron chi connectivity index (χ4n) is 4.69.